The number of piperazine rings is 1. The van der Waals surface area contributed by atoms with Gasteiger partial charge in [-0.15, -0.1) is 0 Å². The first kappa shape index (κ1) is 11.7. The maximum atomic E-state index is 13.1. The van der Waals surface area contributed by atoms with E-state index in [0.717, 1.165) is 29.1 Å². The third-order valence-electron chi connectivity index (χ3n) is 3.65. The highest BCUT2D eigenvalue weighted by Gasteiger charge is 2.34. The van der Waals surface area contributed by atoms with Gasteiger partial charge in [0, 0.05) is 29.2 Å². The van der Waals surface area contributed by atoms with E-state index in [0.29, 0.717) is 6.04 Å². The summed E-state index contributed by atoms with van der Waals surface area (Å²) >= 11 is 2.23. The van der Waals surface area contributed by atoms with E-state index in [1.165, 1.54) is 18.5 Å². The van der Waals surface area contributed by atoms with Crippen molar-refractivity contribution in [3.05, 3.63) is 27.6 Å². The minimum atomic E-state index is -0.146. The molecule has 4 heteroatoms. The second-order valence-corrected chi connectivity index (χ2v) is 6.10. The summed E-state index contributed by atoms with van der Waals surface area (Å²) in [5.41, 5.74) is 1.18. The van der Waals surface area contributed by atoms with Crippen molar-refractivity contribution in [3.8, 4) is 0 Å². The number of rotatable bonds is 2. The van der Waals surface area contributed by atoms with E-state index in [-0.39, 0.29) is 5.82 Å². The molecule has 0 amide bonds. The molecule has 0 radical (unpaired) electrons. The Morgan fingerprint density at radius 3 is 2.88 bits per heavy atom. The lowest BCUT2D eigenvalue weighted by Gasteiger charge is -2.36. The molecule has 0 bridgehead atoms. The van der Waals surface area contributed by atoms with Crippen molar-refractivity contribution in [2.24, 2.45) is 5.92 Å². The molecular weight excluding hydrogens is 330 g/mol. The molecule has 1 aliphatic carbocycles. The molecule has 1 saturated carbocycles. The standard InChI is InChI=1S/C13H16FIN2/c14-10-3-4-13(11(15)7-10)17-6-5-16-12(8-17)9-1-2-9/h3-4,7,9,12,16H,1-2,5-6,8H2. The second-order valence-electron chi connectivity index (χ2n) is 4.94. The monoisotopic (exact) mass is 346 g/mol. The van der Waals surface area contributed by atoms with Gasteiger partial charge >= 0.3 is 0 Å². The molecule has 1 N–H and O–H groups in total. The first-order valence-corrected chi connectivity index (χ1v) is 7.25. The van der Waals surface area contributed by atoms with Crippen LogP contribution in [0, 0.1) is 15.3 Å². The molecule has 0 spiro atoms. The van der Waals surface area contributed by atoms with Gasteiger partial charge in [-0.25, -0.2) is 4.39 Å². The minimum Gasteiger partial charge on any atom is -0.368 e. The van der Waals surface area contributed by atoms with Gasteiger partial charge in [-0.2, -0.15) is 0 Å². The normalized spacial score (nSPS) is 25.1. The highest BCUT2D eigenvalue weighted by molar-refractivity contribution is 14.1. The molecule has 1 aromatic carbocycles. The molecule has 2 aliphatic rings. The number of nitrogens with zero attached hydrogens (tertiary/aromatic N) is 1. The Hall–Kier alpha value is -0.360. The summed E-state index contributed by atoms with van der Waals surface area (Å²) in [5, 5.41) is 3.59. The Morgan fingerprint density at radius 1 is 1.35 bits per heavy atom. The Morgan fingerprint density at radius 2 is 2.18 bits per heavy atom. The summed E-state index contributed by atoms with van der Waals surface area (Å²) in [6.07, 6.45) is 2.73. The lowest BCUT2D eigenvalue weighted by Crippen LogP contribution is -2.52. The van der Waals surface area contributed by atoms with Crippen LogP contribution in [0.3, 0.4) is 0 Å². The molecular formula is C13H16FIN2. The summed E-state index contributed by atoms with van der Waals surface area (Å²) in [4.78, 5) is 2.39. The van der Waals surface area contributed by atoms with E-state index in [4.69, 9.17) is 0 Å². The van der Waals surface area contributed by atoms with Crippen LogP contribution >= 0.6 is 22.6 Å². The molecule has 1 unspecified atom stereocenters. The highest BCUT2D eigenvalue weighted by atomic mass is 127. The van der Waals surface area contributed by atoms with Gasteiger partial charge in [0.15, 0.2) is 0 Å². The second kappa shape index (κ2) is 4.72. The van der Waals surface area contributed by atoms with Crippen molar-refractivity contribution in [3.63, 3.8) is 0 Å². The van der Waals surface area contributed by atoms with Gasteiger partial charge in [-0.3, -0.25) is 0 Å². The lowest BCUT2D eigenvalue weighted by molar-refractivity contribution is 0.418. The third kappa shape index (κ3) is 2.57. The van der Waals surface area contributed by atoms with E-state index >= 15 is 0 Å². The predicted octanol–water partition coefficient (Wildman–Crippen LogP) is 2.62. The number of anilines is 1. The fraction of sp³-hybridized carbons (Fsp3) is 0.538. The Bertz CT molecular complexity index is 420. The van der Waals surface area contributed by atoms with Crippen LogP contribution in [0.2, 0.25) is 0 Å². The van der Waals surface area contributed by atoms with Gasteiger partial charge in [-0.1, -0.05) is 0 Å². The first-order chi connectivity index (χ1) is 8.24. The molecule has 2 fully saturated rings. The average Bonchev–Trinajstić information content (AvgIpc) is 3.13. The summed E-state index contributed by atoms with van der Waals surface area (Å²) in [5.74, 6) is 0.725. The largest absolute Gasteiger partial charge is 0.368 e. The molecule has 1 aromatic rings. The van der Waals surface area contributed by atoms with Gasteiger partial charge in [0.2, 0.25) is 0 Å². The number of halogens is 2. The molecule has 1 saturated heterocycles. The molecule has 1 heterocycles. The number of benzene rings is 1. The SMILES string of the molecule is Fc1ccc(N2CCNC(C3CC3)C2)c(I)c1. The van der Waals surface area contributed by atoms with Crippen LogP contribution in [-0.4, -0.2) is 25.7 Å². The van der Waals surface area contributed by atoms with Crippen molar-refractivity contribution in [2.75, 3.05) is 24.5 Å². The Labute approximate surface area is 115 Å². The van der Waals surface area contributed by atoms with Crippen LogP contribution in [0.5, 0.6) is 0 Å². The predicted molar refractivity (Wildman–Crippen MR) is 75.8 cm³/mol. The molecule has 1 aliphatic heterocycles. The summed E-state index contributed by atoms with van der Waals surface area (Å²) in [6.45, 7) is 3.12. The van der Waals surface area contributed by atoms with Gasteiger partial charge in [0.1, 0.15) is 5.82 Å². The minimum absolute atomic E-state index is 0.146. The summed E-state index contributed by atoms with van der Waals surface area (Å²) in [6, 6.07) is 5.71. The maximum Gasteiger partial charge on any atom is 0.124 e. The summed E-state index contributed by atoms with van der Waals surface area (Å²) in [7, 11) is 0. The maximum absolute atomic E-state index is 13.1. The van der Waals surface area contributed by atoms with E-state index < -0.39 is 0 Å². The van der Waals surface area contributed by atoms with Gasteiger partial charge in [0.05, 0.1) is 5.69 Å². The highest BCUT2D eigenvalue weighted by Crippen LogP contribution is 2.35. The molecule has 0 aromatic heterocycles. The zero-order chi connectivity index (χ0) is 11.8. The molecule has 92 valence electrons. The van der Waals surface area contributed by atoms with Crippen LogP contribution in [0.15, 0.2) is 18.2 Å². The van der Waals surface area contributed by atoms with E-state index in [9.17, 15) is 4.39 Å². The lowest BCUT2D eigenvalue weighted by atomic mass is 10.1. The smallest absolute Gasteiger partial charge is 0.124 e. The van der Waals surface area contributed by atoms with Gasteiger partial charge in [0.25, 0.3) is 0 Å². The van der Waals surface area contributed by atoms with Crippen LogP contribution in [0.4, 0.5) is 10.1 Å². The summed E-state index contributed by atoms with van der Waals surface area (Å²) < 4.78 is 14.1. The van der Waals surface area contributed by atoms with Crippen LogP contribution in [-0.2, 0) is 0 Å². The van der Waals surface area contributed by atoms with Crippen molar-refractivity contribution in [2.45, 2.75) is 18.9 Å². The Kier molecular flexibility index (Phi) is 3.25. The zero-order valence-corrected chi connectivity index (χ0v) is 11.8. The third-order valence-corrected chi connectivity index (χ3v) is 4.51. The van der Waals surface area contributed by atoms with Gasteiger partial charge < -0.3 is 10.2 Å². The van der Waals surface area contributed by atoms with Crippen molar-refractivity contribution < 1.29 is 4.39 Å². The van der Waals surface area contributed by atoms with Gasteiger partial charge in [-0.05, 0) is 59.5 Å². The molecule has 2 nitrogen and oxygen atoms in total. The number of hydrogen-bond donors (Lipinski definition) is 1. The van der Waals surface area contributed by atoms with Crippen LogP contribution < -0.4 is 10.2 Å². The van der Waals surface area contributed by atoms with E-state index in [1.54, 1.807) is 12.1 Å². The van der Waals surface area contributed by atoms with Crippen LogP contribution in [0.25, 0.3) is 0 Å². The zero-order valence-electron chi connectivity index (χ0n) is 9.63. The van der Waals surface area contributed by atoms with E-state index in [1.807, 2.05) is 6.07 Å². The number of hydrogen-bond acceptors (Lipinski definition) is 2. The van der Waals surface area contributed by atoms with Crippen molar-refractivity contribution in [1.82, 2.24) is 5.32 Å². The van der Waals surface area contributed by atoms with Crippen molar-refractivity contribution >= 4 is 28.3 Å². The topological polar surface area (TPSA) is 15.3 Å². The molecule has 17 heavy (non-hydrogen) atoms. The molecule has 1 atom stereocenters. The van der Waals surface area contributed by atoms with Crippen LogP contribution in [0.1, 0.15) is 12.8 Å². The number of nitrogens with one attached hydrogen (secondary N) is 1. The quantitative estimate of drug-likeness (QED) is 0.829. The fourth-order valence-electron chi connectivity index (χ4n) is 2.55. The first-order valence-electron chi connectivity index (χ1n) is 6.17. The Balaban J connectivity index is 1.77. The van der Waals surface area contributed by atoms with E-state index in [2.05, 4.69) is 32.8 Å². The average molecular weight is 346 g/mol. The van der Waals surface area contributed by atoms with Crippen molar-refractivity contribution in [1.29, 1.82) is 0 Å². The fourth-order valence-corrected chi connectivity index (χ4v) is 3.37. The molecule has 3 rings (SSSR count).